The van der Waals surface area contributed by atoms with E-state index in [1.54, 1.807) is 13.3 Å². The first-order chi connectivity index (χ1) is 10.7. The van der Waals surface area contributed by atoms with Crippen LogP contribution in [0.4, 0.5) is 0 Å². The molecule has 6 heteroatoms. The van der Waals surface area contributed by atoms with Crippen molar-refractivity contribution in [1.82, 2.24) is 10.3 Å². The average molecular weight is 310 g/mol. The highest BCUT2D eigenvalue weighted by Gasteiger charge is 2.44. The number of aliphatic hydroxyl groups excluding tert-OH is 2. The van der Waals surface area contributed by atoms with Crippen molar-refractivity contribution in [2.24, 2.45) is 5.41 Å². The number of hydrogen-bond acceptors (Lipinski definition) is 6. The summed E-state index contributed by atoms with van der Waals surface area (Å²) < 4.78 is 10.6. The van der Waals surface area contributed by atoms with E-state index in [1.165, 1.54) is 0 Å². The lowest BCUT2D eigenvalue weighted by Crippen LogP contribution is -2.37. The molecule has 0 bridgehead atoms. The van der Waals surface area contributed by atoms with Gasteiger partial charge < -0.3 is 25.0 Å². The van der Waals surface area contributed by atoms with Gasteiger partial charge in [-0.1, -0.05) is 6.07 Å². The van der Waals surface area contributed by atoms with E-state index in [2.05, 4.69) is 10.3 Å². The molecule has 0 radical (unpaired) electrons. The predicted molar refractivity (Wildman–Crippen MR) is 82.3 cm³/mol. The minimum atomic E-state index is -0.675. The quantitative estimate of drug-likeness (QED) is 0.570. The number of nitrogens with zero attached hydrogens (tertiary/aromatic N) is 1. The van der Waals surface area contributed by atoms with Gasteiger partial charge in [0.05, 0.1) is 32.0 Å². The molecule has 124 valence electrons. The second-order valence-electron chi connectivity index (χ2n) is 6.05. The van der Waals surface area contributed by atoms with Gasteiger partial charge in [-0.2, -0.15) is 0 Å². The first-order valence-electron chi connectivity index (χ1n) is 7.68. The lowest BCUT2D eigenvalue weighted by molar-refractivity contribution is 0.0111. The highest BCUT2D eigenvalue weighted by molar-refractivity contribution is 5.08. The number of aromatic nitrogens is 1. The Labute approximate surface area is 131 Å². The highest BCUT2D eigenvalue weighted by atomic mass is 16.5. The van der Waals surface area contributed by atoms with Crippen LogP contribution in [0.3, 0.4) is 0 Å². The number of rotatable bonds is 9. The number of methoxy groups -OCH3 is 1. The maximum atomic E-state index is 9.88. The molecule has 1 aromatic rings. The summed E-state index contributed by atoms with van der Waals surface area (Å²) in [5.74, 6) is 0. The standard InChI is InChI=1S/C16H26N2O4/c1-21-5-6-22-12-16(7-14(19)15(20)8-16)11-18-10-13-3-2-4-17-9-13/h2-4,9,14-15,18-20H,5-8,10-12H2,1H3/t14-,15+,16?. The fraction of sp³-hybridized carbons (Fsp3) is 0.688. The number of pyridine rings is 1. The smallest absolute Gasteiger partial charge is 0.0806 e. The Kier molecular flexibility index (Phi) is 6.72. The molecule has 0 amide bonds. The third kappa shape index (κ3) is 5.00. The second kappa shape index (κ2) is 8.55. The lowest BCUT2D eigenvalue weighted by atomic mass is 9.86. The van der Waals surface area contributed by atoms with E-state index in [0.29, 0.717) is 45.8 Å². The molecule has 1 unspecified atom stereocenters. The third-order valence-electron chi connectivity index (χ3n) is 4.12. The number of nitrogens with one attached hydrogen (secondary N) is 1. The molecule has 0 saturated heterocycles. The van der Waals surface area contributed by atoms with E-state index in [4.69, 9.17) is 9.47 Å². The fourth-order valence-corrected chi connectivity index (χ4v) is 2.96. The molecule has 0 spiro atoms. The molecule has 1 saturated carbocycles. The Morgan fingerprint density at radius 2 is 2.09 bits per heavy atom. The maximum absolute atomic E-state index is 9.88. The van der Waals surface area contributed by atoms with E-state index in [1.807, 2.05) is 18.3 Å². The molecule has 3 N–H and O–H groups in total. The number of hydrogen-bond donors (Lipinski definition) is 3. The van der Waals surface area contributed by atoms with Gasteiger partial charge in [0.25, 0.3) is 0 Å². The molecular weight excluding hydrogens is 284 g/mol. The molecule has 1 aliphatic rings. The van der Waals surface area contributed by atoms with Gasteiger partial charge in [-0.3, -0.25) is 4.98 Å². The van der Waals surface area contributed by atoms with Crippen LogP contribution < -0.4 is 5.32 Å². The van der Waals surface area contributed by atoms with Crippen molar-refractivity contribution in [2.45, 2.75) is 31.6 Å². The zero-order chi connectivity index (χ0) is 15.8. The molecule has 1 aliphatic carbocycles. The van der Waals surface area contributed by atoms with Crippen LogP contribution in [-0.4, -0.2) is 60.9 Å². The van der Waals surface area contributed by atoms with Crippen LogP contribution >= 0.6 is 0 Å². The number of aliphatic hydroxyl groups is 2. The highest BCUT2D eigenvalue weighted by Crippen LogP contribution is 2.38. The largest absolute Gasteiger partial charge is 0.390 e. The summed E-state index contributed by atoms with van der Waals surface area (Å²) in [4.78, 5) is 4.09. The Balaban J connectivity index is 1.85. The molecule has 1 fully saturated rings. The number of ether oxygens (including phenoxy) is 2. The summed E-state index contributed by atoms with van der Waals surface area (Å²) >= 11 is 0. The molecule has 1 aromatic heterocycles. The molecular formula is C16H26N2O4. The van der Waals surface area contributed by atoms with Gasteiger partial charge in [-0.15, -0.1) is 0 Å². The Hall–Kier alpha value is -1.05. The van der Waals surface area contributed by atoms with E-state index in [9.17, 15) is 10.2 Å². The van der Waals surface area contributed by atoms with E-state index < -0.39 is 12.2 Å². The van der Waals surface area contributed by atoms with Crippen LogP contribution in [0.2, 0.25) is 0 Å². The Morgan fingerprint density at radius 3 is 2.73 bits per heavy atom. The minimum absolute atomic E-state index is 0.241. The van der Waals surface area contributed by atoms with Crippen molar-refractivity contribution in [2.75, 3.05) is 33.5 Å². The van der Waals surface area contributed by atoms with Crippen molar-refractivity contribution in [3.8, 4) is 0 Å². The van der Waals surface area contributed by atoms with Gasteiger partial charge in [0.2, 0.25) is 0 Å². The molecule has 0 aromatic carbocycles. The van der Waals surface area contributed by atoms with Crippen molar-refractivity contribution in [1.29, 1.82) is 0 Å². The van der Waals surface area contributed by atoms with Crippen LogP contribution in [0.15, 0.2) is 24.5 Å². The van der Waals surface area contributed by atoms with Gasteiger partial charge in [0.15, 0.2) is 0 Å². The van der Waals surface area contributed by atoms with Gasteiger partial charge >= 0.3 is 0 Å². The first-order valence-corrected chi connectivity index (χ1v) is 7.68. The van der Waals surface area contributed by atoms with Crippen molar-refractivity contribution in [3.63, 3.8) is 0 Å². The first kappa shape index (κ1) is 17.3. The summed E-state index contributed by atoms with van der Waals surface area (Å²) in [5.41, 5.74) is 0.867. The van der Waals surface area contributed by atoms with Gasteiger partial charge in [0, 0.05) is 38.0 Å². The topological polar surface area (TPSA) is 83.8 Å². The Morgan fingerprint density at radius 1 is 1.32 bits per heavy atom. The van der Waals surface area contributed by atoms with Crippen LogP contribution in [0.1, 0.15) is 18.4 Å². The molecule has 1 heterocycles. The molecule has 6 nitrogen and oxygen atoms in total. The van der Waals surface area contributed by atoms with Crippen LogP contribution in [0.5, 0.6) is 0 Å². The van der Waals surface area contributed by atoms with Crippen LogP contribution in [0.25, 0.3) is 0 Å². The van der Waals surface area contributed by atoms with Crippen molar-refractivity contribution < 1.29 is 19.7 Å². The zero-order valence-corrected chi connectivity index (χ0v) is 13.1. The monoisotopic (exact) mass is 310 g/mol. The van der Waals surface area contributed by atoms with Crippen molar-refractivity contribution in [3.05, 3.63) is 30.1 Å². The zero-order valence-electron chi connectivity index (χ0n) is 13.1. The molecule has 22 heavy (non-hydrogen) atoms. The van der Waals surface area contributed by atoms with E-state index in [0.717, 1.165) is 5.56 Å². The summed E-state index contributed by atoms with van der Waals surface area (Å²) in [5, 5.41) is 23.2. The Bertz CT molecular complexity index is 419. The van der Waals surface area contributed by atoms with E-state index >= 15 is 0 Å². The molecule has 0 aliphatic heterocycles. The summed E-state index contributed by atoms with van der Waals surface area (Å²) in [6.07, 6.45) is 3.31. The van der Waals surface area contributed by atoms with Crippen molar-refractivity contribution >= 4 is 0 Å². The second-order valence-corrected chi connectivity index (χ2v) is 6.05. The fourth-order valence-electron chi connectivity index (χ4n) is 2.96. The lowest BCUT2D eigenvalue weighted by Gasteiger charge is -2.29. The predicted octanol–water partition coefficient (Wildman–Crippen LogP) is 0.336. The minimum Gasteiger partial charge on any atom is -0.390 e. The van der Waals surface area contributed by atoms with Crippen LogP contribution in [-0.2, 0) is 16.0 Å². The summed E-state index contributed by atoms with van der Waals surface area (Å²) in [6.45, 7) is 2.96. The maximum Gasteiger partial charge on any atom is 0.0806 e. The molecule has 2 rings (SSSR count). The SMILES string of the molecule is COCCOCC1(CNCc2cccnc2)C[C@@H](O)[C@@H](O)C1. The summed E-state index contributed by atoms with van der Waals surface area (Å²) in [6, 6.07) is 3.92. The normalized spacial score (nSPS) is 28.1. The van der Waals surface area contributed by atoms with Gasteiger partial charge in [0.1, 0.15) is 0 Å². The third-order valence-corrected chi connectivity index (χ3v) is 4.12. The summed E-state index contributed by atoms with van der Waals surface area (Å²) in [7, 11) is 1.64. The average Bonchev–Trinajstić information content (AvgIpc) is 2.80. The van der Waals surface area contributed by atoms with E-state index in [-0.39, 0.29) is 5.41 Å². The van der Waals surface area contributed by atoms with Gasteiger partial charge in [-0.05, 0) is 24.5 Å². The van der Waals surface area contributed by atoms with Crippen LogP contribution in [0, 0.1) is 5.41 Å². The molecule has 3 atom stereocenters. The van der Waals surface area contributed by atoms with Gasteiger partial charge in [-0.25, -0.2) is 0 Å².